The molecule has 0 N–H and O–H groups in total. The summed E-state index contributed by atoms with van der Waals surface area (Å²) in [5, 5.41) is 0. The zero-order chi connectivity index (χ0) is 23.7. The zero-order valence-corrected chi connectivity index (χ0v) is 20.8. The van der Waals surface area contributed by atoms with Crippen LogP contribution < -0.4 is 0 Å². The summed E-state index contributed by atoms with van der Waals surface area (Å²) in [6, 6.07) is 12.7. The lowest BCUT2D eigenvalue weighted by atomic mass is 10.1. The van der Waals surface area contributed by atoms with E-state index in [9.17, 15) is 9.59 Å². The molecule has 2 amide bonds. The first-order valence-electron chi connectivity index (χ1n) is 12.0. The minimum atomic E-state index is -0.118. The maximum Gasteiger partial charge on any atom is 0.242 e. The summed E-state index contributed by atoms with van der Waals surface area (Å²) in [6.45, 7) is 14.3. The number of amides is 2. The molecule has 0 aliphatic heterocycles. The van der Waals surface area contributed by atoms with Crippen LogP contribution in [0.25, 0.3) is 0 Å². The molecule has 0 spiro atoms. The highest BCUT2D eigenvalue weighted by molar-refractivity contribution is 5.86. The predicted octanol–water partition coefficient (Wildman–Crippen LogP) is 5.26. The van der Waals surface area contributed by atoms with Gasteiger partial charge in [0, 0.05) is 36.9 Å². The third-order valence-corrected chi connectivity index (χ3v) is 6.05. The van der Waals surface area contributed by atoms with E-state index in [0.29, 0.717) is 13.1 Å². The fourth-order valence-electron chi connectivity index (χ4n) is 3.84. The van der Waals surface area contributed by atoms with Crippen LogP contribution in [-0.4, -0.2) is 45.3 Å². The number of carbonyl (C=O) groups is 2. The summed E-state index contributed by atoms with van der Waals surface area (Å²) in [5.41, 5.74) is 3.61. The van der Waals surface area contributed by atoms with Gasteiger partial charge in [0.2, 0.25) is 11.8 Å². The second-order valence-electron chi connectivity index (χ2n) is 9.16. The van der Waals surface area contributed by atoms with E-state index in [2.05, 4.69) is 61.9 Å². The number of aromatic nitrogens is 1. The molecule has 0 bridgehead atoms. The monoisotopic (exact) mass is 439 g/mol. The molecule has 5 nitrogen and oxygen atoms in total. The van der Waals surface area contributed by atoms with Crippen LogP contribution in [0, 0.1) is 12.8 Å². The standard InChI is InChI=1S/C27H41N3O2/c1-7-9-15-29(26(31)20-30(23(6)8-2)27(32)21(3)4)19-25-14-11-16-28(25)18-24-13-10-12-22(5)17-24/h10-14,16-17,21,23H,7-9,15,18-20H2,1-6H3. The van der Waals surface area contributed by atoms with Crippen LogP contribution in [0.15, 0.2) is 42.6 Å². The molecule has 2 aromatic rings. The lowest BCUT2D eigenvalue weighted by molar-refractivity contribution is -0.144. The normalized spacial score (nSPS) is 12.1. The van der Waals surface area contributed by atoms with E-state index in [1.807, 2.05) is 31.7 Å². The average molecular weight is 440 g/mol. The van der Waals surface area contributed by atoms with Crippen molar-refractivity contribution in [2.45, 2.75) is 79.9 Å². The van der Waals surface area contributed by atoms with E-state index in [0.717, 1.165) is 31.5 Å². The van der Waals surface area contributed by atoms with Gasteiger partial charge in [0.15, 0.2) is 0 Å². The molecule has 0 saturated heterocycles. The number of nitrogens with zero attached hydrogens (tertiary/aromatic N) is 3. The maximum absolute atomic E-state index is 13.4. The van der Waals surface area contributed by atoms with E-state index in [-0.39, 0.29) is 30.3 Å². The van der Waals surface area contributed by atoms with Gasteiger partial charge >= 0.3 is 0 Å². The summed E-state index contributed by atoms with van der Waals surface area (Å²) in [4.78, 5) is 29.8. The number of benzene rings is 1. The van der Waals surface area contributed by atoms with E-state index < -0.39 is 0 Å². The second-order valence-corrected chi connectivity index (χ2v) is 9.16. The summed E-state index contributed by atoms with van der Waals surface area (Å²) in [6.07, 6.45) is 4.88. The Morgan fingerprint density at radius 2 is 1.81 bits per heavy atom. The molecule has 1 aromatic heterocycles. The van der Waals surface area contributed by atoms with Crippen LogP contribution in [0.3, 0.4) is 0 Å². The van der Waals surface area contributed by atoms with Gasteiger partial charge < -0.3 is 14.4 Å². The number of hydrogen-bond donors (Lipinski definition) is 0. The van der Waals surface area contributed by atoms with Crippen molar-refractivity contribution in [1.82, 2.24) is 14.4 Å². The lowest BCUT2D eigenvalue weighted by Crippen LogP contribution is -2.48. The molecular formula is C27H41N3O2. The number of unbranched alkanes of at least 4 members (excludes halogenated alkanes) is 1. The van der Waals surface area contributed by atoms with Crippen LogP contribution >= 0.6 is 0 Å². The minimum absolute atomic E-state index is 0.0241. The van der Waals surface area contributed by atoms with E-state index in [1.54, 1.807) is 4.90 Å². The highest BCUT2D eigenvalue weighted by Gasteiger charge is 2.26. The second kappa shape index (κ2) is 12.5. The fraction of sp³-hybridized carbons (Fsp3) is 0.556. The zero-order valence-electron chi connectivity index (χ0n) is 20.8. The van der Waals surface area contributed by atoms with Crippen molar-refractivity contribution in [1.29, 1.82) is 0 Å². The van der Waals surface area contributed by atoms with Crippen molar-refractivity contribution in [3.8, 4) is 0 Å². The van der Waals surface area contributed by atoms with Gasteiger partial charge in [0.25, 0.3) is 0 Å². The van der Waals surface area contributed by atoms with E-state index in [4.69, 9.17) is 0 Å². The molecule has 32 heavy (non-hydrogen) atoms. The van der Waals surface area contributed by atoms with Crippen LogP contribution in [0.1, 0.15) is 70.7 Å². The highest BCUT2D eigenvalue weighted by atomic mass is 16.2. The third kappa shape index (κ3) is 7.25. The molecule has 176 valence electrons. The Morgan fingerprint density at radius 1 is 1.06 bits per heavy atom. The molecule has 1 atom stereocenters. The van der Waals surface area contributed by atoms with Crippen molar-refractivity contribution in [2.75, 3.05) is 13.1 Å². The smallest absolute Gasteiger partial charge is 0.242 e. The molecule has 1 unspecified atom stereocenters. The molecule has 0 fully saturated rings. The van der Waals surface area contributed by atoms with Gasteiger partial charge in [0.05, 0.1) is 6.54 Å². The van der Waals surface area contributed by atoms with Gasteiger partial charge in [0.1, 0.15) is 6.54 Å². The number of aryl methyl sites for hydroxylation is 1. The first-order chi connectivity index (χ1) is 15.3. The highest BCUT2D eigenvalue weighted by Crippen LogP contribution is 2.15. The Hall–Kier alpha value is -2.56. The van der Waals surface area contributed by atoms with Crippen LogP contribution in [0.2, 0.25) is 0 Å². The van der Waals surface area contributed by atoms with Crippen molar-refractivity contribution >= 4 is 11.8 Å². The Labute approximate surface area is 194 Å². The van der Waals surface area contributed by atoms with Gasteiger partial charge in [-0.3, -0.25) is 9.59 Å². The quantitative estimate of drug-likeness (QED) is 0.453. The van der Waals surface area contributed by atoms with Crippen molar-refractivity contribution < 1.29 is 9.59 Å². The van der Waals surface area contributed by atoms with Gasteiger partial charge in [-0.05, 0) is 44.4 Å². The largest absolute Gasteiger partial charge is 0.345 e. The third-order valence-electron chi connectivity index (χ3n) is 6.05. The average Bonchev–Trinajstić information content (AvgIpc) is 3.20. The minimum Gasteiger partial charge on any atom is -0.345 e. The molecule has 5 heteroatoms. The first-order valence-corrected chi connectivity index (χ1v) is 12.0. The van der Waals surface area contributed by atoms with Gasteiger partial charge in [-0.2, -0.15) is 0 Å². The molecule has 1 heterocycles. The van der Waals surface area contributed by atoms with Gasteiger partial charge in [-0.15, -0.1) is 0 Å². The molecular weight excluding hydrogens is 398 g/mol. The van der Waals surface area contributed by atoms with Crippen LogP contribution in [-0.2, 0) is 22.7 Å². The van der Waals surface area contributed by atoms with E-state index in [1.165, 1.54) is 11.1 Å². The first kappa shape index (κ1) is 25.7. The van der Waals surface area contributed by atoms with Crippen molar-refractivity contribution in [3.63, 3.8) is 0 Å². The summed E-state index contributed by atoms with van der Waals surface area (Å²) in [7, 11) is 0. The lowest BCUT2D eigenvalue weighted by Gasteiger charge is -2.32. The molecule has 0 saturated carbocycles. The van der Waals surface area contributed by atoms with Crippen molar-refractivity contribution in [2.24, 2.45) is 5.92 Å². The fourth-order valence-corrected chi connectivity index (χ4v) is 3.84. The SMILES string of the molecule is CCCCN(Cc1cccn1Cc1cccc(C)c1)C(=O)CN(C(=O)C(C)C)C(C)CC. The molecule has 1 aromatic carbocycles. The van der Waals surface area contributed by atoms with Gasteiger partial charge in [-0.1, -0.05) is 63.9 Å². The number of hydrogen-bond acceptors (Lipinski definition) is 2. The summed E-state index contributed by atoms with van der Waals surface area (Å²) < 4.78 is 2.21. The molecule has 2 rings (SSSR count). The summed E-state index contributed by atoms with van der Waals surface area (Å²) in [5.74, 6) is -0.0468. The Kier molecular flexibility index (Phi) is 10.0. The maximum atomic E-state index is 13.4. The predicted molar refractivity (Wildman–Crippen MR) is 131 cm³/mol. The molecule has 0 radical (unpaired) electrons. The molecule has 0 aliphatic rings. The van der Waals surface area contributed by atoms with Crippen molar-refractivity contribution in [3.05, 3.63) is 59.4 Å². The number of carbonyl (C=O) groups excluding carboxylic acids is 2. The Bertz CT molecular complexity index is 871. The van der Waals surface area contributed by atoms with Crippen LogP contribution in [0.5, 0.6) is 0 Å². The van der Waals surface area contributed by atoms with E-state index >= 15 is 0 Å². The Morgan fingerprint density at radius 3 is 2.44 bits per heavy atom. The molecule has 0 aliphatic carbocycles. The Balaban J connectivity index is 2.18. The number of rotatable bonds is 12. The summed E-state index contributed by atoms with van der Waals surface area (Å²) >= 11 is 0. The van der Waals surface area contributed by atoms with Crippen LogP contribution in [0.4, 0.5) is 0 Å². The van der Waals surface area contributed by atoms with Gasteiger partial charge in [-0.25, -0.2) is 0 Å². The topological polar surface area (TPSA) is 45.6 Å².